The Morgan fingerprint density at radius 2 is 1.86 bits per heavy atom. The molecule has 1 saturated heterocycles. The molecule has 0 spiro atoms. The molecule has 12 heteroatoms. The summed E-state index contributed by atoms with van der Waals surface area (Å²) in [5, 5.41) is 11.4. The molecule has 0 saturated carbocycles. The number of aromatic amines is 1. The van der Waals surface area contributed by atoms with Gasteiger partial charge in [-0.1, -0.05) is 6.92 Å². The first-order valence-corrected chi connectivity index (χ1v) is 12.9. The predicted molar refractivity (Wildman–Crippen MR) is 130 cm³/mol. The Morgan fingerprint density at radius 1 is 1.20 bits per heavy atom. The molecule has 0 amide bonds. The number of nitrogens with zero attached hydrogens (tertiary/aromatic N) is 1. The lowest BCUT2D eigenvalue weighted by Gasteiger charge is -2.32. The Labute approximate surface area is 203 Å². The van der Waals surface area contributed by atoms with Crippen molar-refractivity contribution in [1.82, 2.24) is 9.97 Å². The molecule has 1 unspecified atom stereocenters. The number of nitrogens with one attached hydrogen (secondary N) is 2. The van der Waals surface area contributed by atoms with Gasteiger partial charge in [-0.25, -0.2) is 22.2 Å². The van der Waals surface area contributed by atoms with Crippen LogP contribution in [0.4, 0.5) is 14.5 Å². The van der Waals surface area contributed by atoms with Gasteiger partial charge in [0.25, 0.3) is 0 Å². The lowest BCUT2D eigenvalue weighted by molar-refractivity contribution is 0.00578. The summed E-state index contributed by atoms with van der Waals surface area (Å²) in [6, 6.07) is 3.58. The molecule has 1 aromatic carbocycles. The molecule has 1 aliphatic heterocycles. The number of sulfonamides is 1. The number of hydrogen-bond donors (Lipinski definition) is 3. The van der Waals surface area contributed by atoms with Crippen LogP contribution < -0.4 is 10.2 Å². The summed E-state index contributed by atoms with van der Waals surface area (Å²) in [5.74, 6) is -2.43. The Hall–Kier alpha value is -2.54. The van der Waals surface area contributed by atoms with Gasteiger partial charge in [0.15, 0.2) is 5.82 Å². The van der Waals surface area contributed by atoms with Crippen LogP contribution in [0.15, 0.2) is 30.6 Å². The number of pyridine rings is 1. The van der Waals surface area contributed by atoms with Crippen molar-refractivity contribution < 1.29 is 31.6 Å². The molecule has 3 heterocycles. The van der Waals surface area contributed by atoms with Crippen LogP contribution in [0.5, 0.6) is 0 Å². The van der Waals surface area contributed by atoms with E-state index in [4.69, 9.17) is 9.31 Å². The number of fused-ring (bicyclic) bond motifs is 1. The highest BCUT2D eigenvalue weighted by molar-refractivity contribution is 7.92. The molecule has 8 nitrogen and oxygen atoms in total. The minimum absolute atomic E-state index is 0.164. The monoisotopic (exact) mass is 507 g/mol. The van der Waals surface area contributed by atoms with Gasteiger partial charge in [0.1, 0.15) is 17.6 Å². The quantitative estimate of drug-likeness (QED) is 0.423. The smallest absolute Gasteiger partial charge is 0.399 e. The van der Waals surface area contributed by atoms with Crippen LogP contribution in [0, 0.1) is 11.6 Å². The van der Waals surface area contributed by atoms with Crippen LogP contribution in [0.25, 0.3) is 11.0 Å². The zero-order valence-corrected chi connectivity index (χ0v) is 21.0. The van der Waals surface area contributed by atoms with E-state index in [1.54, 1.807) is 19.2 Å². The Balaban J connectivity index is 1.73. The fourth-order valence-corrected chi connectivity index (χ4v) is 5.05. The molecular weight excluding hydrogens is 479 g/mol. The first-order chi connectivity index (χ1) is 16.3. The fraction of sp³-hybridized carbons (Fsp3) is 0.435. The summed E-state index contributed by atoms with van der Waals surface area (Å²) >= 11 is 0. The lowest BCUT2D eigenvalue weighted by Crippen LogP contribution is -2.41. The van der Waals surface area contributed by atoms with Gasteiger partial charge in [-0.15, -0.1) is 0 Å². The molecule has 35 heavy (non-hydrogen) atoms. The molecule has 0 radical (unpaired) electrons. The first kappa shape index (κ1) is 25.6. The van der Waals surface area contributed by atoms with Crippen molar-refractivity contribution in [3.05, 3.63) is 53.4 Å². The van der Waals surface area contributed by atoms with Gasteiger partial charge in [-0.3, -0.25) is 4.72 Å². The molecule has 4 rings (SSSR count). The minimum Gasteiger partial charge on any atom is -0.399 e. The zero-order valence-electron chi connectivity index (χ0n) is 20.1. The third-order valence-corrected chi connectivity index (χ3v) is 8.02. The SMILES string of the molecule is CCCS(=O)(=O)Nc1ccc(F)c(C(O)c2c[nH]c3ncc(B4OC(C)(C)C(C)(C)O4)cc23)c1F. The van der Waals surface area contributed by atoms with E-state index in [1.165, 1.54) is 6.20 Å². The Bertz CT molecular complexity index is 1360. The molecule has 1 aliphatic rings. The molecule has 1 atom stereocenters. The molecule has 3 N–H and O–H groups in total. The second kappa shape index (κ2) is 8.84. The van der Waals surface area contributed by atoms with E-state index in [9.17, 15) is 17.9 Å². The Morgan fingerprint density at radius 3 is 2.49 bits per heavy atom. The topological polar surface area (TPSA) is 114 Å². The zero-order chi connectivity index (χ0) is 25.8. The van der Waals surface area contributed by atoms with E-state index in [0.717, 1.165) is 12.1 Å². The van der Waals surface area contributed by atoms with E-state index in [2.05, 4.69) is 14.7 Å². The number of benzene rings is 1. The van der Waals surface area contributed by atoms with Crippen molar-refractivity contribution in [3.8, 4) is 0 Å². The van der Waals surface area contributed by atoms with Crippen molar-refractivity contribution in [1.29, 1.82) is 0 Å². The number of aromatic nitrogens is 2. The number of anilines is 1. The molecule has 0 bridgehead atoms. The second-order valence-electron chi connectivity index (χ2n) is 9.64. The van der Waals surface area contributed by atoms with E-state index < -0.39 is 57.3 Å². The summed E-state index contributed by atoms with van der Waals surface area (Å²) in [5.41, 5.74) is -1.15. The standard InChI is InChI=1S/C23H28BF2N3O5S/c1-6-9-35(31,32)29-17-8-7-16(25)18(19(17)26)20(30)15-12-28-21-14(15)10-13(11-27-21)24-33-22(2,3)23(4,5)34-24/h7-8,10-12,20,29-30H,6,9H2,1-5H3,(H,27,28). The van der Waals surface area contributed by atoms with Gasteiger partial charge < -0.3 is 19.4 Å². The van der Waals surface area contributed by atoms with E-state index in [-0.39, 0.29) is 11.3 Å². The third-order valence-electron chi connectivity index (χ3n) is 6.54. The second-order valence-corrected chi connectivity index (χ2v) is 11.5. The van der Waals surface area contributed by atoms with Crippen LogP contribution in [0.2, 0.25) is 0 Å². The third kappa shape index (κ3) is 4.67. The number of aliphatic hydroxyl groups excluding tert-OH is 1. The van der Waals surface area contributed by atoms with Crippen molar-refractivity contribution in [2.75, 3.05) is 10.5 Å². The maximum atomic E-state index is 15.2. The highest BCUT2D eigenvalue weighted by Crippen LogP contribution is 2.37. The molecule has 1 fully saturated rings. The molecule has 188 valence electrons. The number of aliphatic hydroxyl groups is 1. The largest absolute Gasteiger partial charge is 0.496 e. The van der Waals surface area contributed by atoms with Gasteiger partial charge in [0, 0.05) is 28.8 Å². The Kier molecular flexibility index (Phi) is 6.46. The van der Waals surface area contributed by atoms with E-state index >= 15 is 4.39 Å². The first-order valence-electron chi connectivity index (χ1n) is 11.3. The van der Waals surface area contributed by atoms with E-state index in [0.29, 0.717) is 22.9 Å². The lowest BCUT2D eigenvalue weighted by atomic mass is 9.79. The van der Waals surface area contributed by atoms with Crippen molar-refractivity contribution in [3.63, 3.8) is 0 Å². The van der Waals surface area contributed by atoms with Gasteiger partial charge in [0.05, 0.1) is 28.2 Å². The summed E-state index contributed by atoms with van der Waals surface area (Å²) < 4.78 is 68.4. The van der Waals surface area contributed by atoms with Crippen LogP contribution in [-0.2, 0) is 19.3 Å². The van der Waals surface area contributed by atoms with Crippen LogP contribution >= 0.6 is 0 Å². The number of halogens is 2. The van der Waals surface area contributed by atoms with Gasteiger partial charge in [-0.2, -0.15) is 0 Å². The normalized spacial score (nSPS) is 18.2. The number of hydrogen-bond acceptors (Lipinski definition) is 6. The van der Waals surface area contributed by atoms with Crippen LogP contribution in [-0.4, -0.2) is 47.6 Å². The van der Waals surface area contributed by atoms with Gasteiger partial charge in [0.2, 0.25) is 10.0 Å². The van der Waals surface area contributed by atoms with Crippen molar-refractivity contribution in [2.45, 2.75) is 58.3 Å². The molecular formula is C23H28BF2N3O5S. The predicted octanol–water partition coefficient (Wildman–Crippen LogP) is 3.37. The fourth-order valence-electron chi connectivity index (χ4n) is 3.92. The summed E-state index contributed by atoms with van der Waals surface area (Å²) in [6.45, 7) is 9.32. The summed E-state index contributed by atoms with van der Waals surface area (Å²) in [4.78, 5) is 7.23. The maximum absolute atomic E-state index is 15.2. The number of H-pyrrole nitrogens is 1. The average molecular weight is 507 g/mol. The number of rotatable bonds is 7. The molecule has 2 aromatic heterocycles. The molecule has 3 aromatic rings. The highest BCUT2D eigenvalue weighted by atomic mass is 32.2. The minimum atomic E-state index is -3.82. The van der Waals surface area contributed by atoms with Crippen molar-refractivity contribution in [2.24, 2.45) is 0 Å². The summed E-state index contributed by atoms with van der Waals surface area (Å²) in [7, 11) is -4.54. The molecule has 0 aliphatic carbocycles. The summed E-state index contributed by atoms with van der Waals surface area (Å²) in [6.07, 6.45) is 1.56. The van der Waals surface area contributed by atoms with Crippen LogP contribution in [0.3, 0.4) is 0 Å². The van der Waals surface area contributed by atoms with E-state index in [1.807, 2.05) is 27.7 Å². The van der Waals surface area contributed by atoms with Gasteiger partial charge in [-0.05, 0) is 52.3 Å². The van der Waals surface area contributed by atoms with Gasteiger partial charge >= 0.3 is 7.12 Å². The maximum Gasteiger partial charge on any atom is 0.496 e. The highest BCUT2D eigenvalue weighted by Gasteiger charge is 2.51. The van der Waals surface area contributed by atoms with Crippen LogP contribution in [0.1, 0.15) is 58.3 Å². The van der Waals surface area contributed by atoms with Crippen molar-refractivity contribution >= 4 is 39.3 Å². The average Bonchev–Trinajstić information content (AvgIpc) is 3.27.